The van der Waals surface area contributed by atoms with Gasteiger partial charge in [0.1, 0.15) is 10.6 Å². The first-order valence-electron chi connectivity index (χ1n) is 7.62. The molecule has 0 unspecified atom stereocenters. The van der Waals surface area contributed by atoms with Gasteiger partial charge in [0.05, 0.1) is 10.4 Å². The third-order valence-corrected chi connectivity index (χ3v) is 5.59. The molecule has 25 heavy (non-hydrogen) atoms. The number of nitrogens with zero attached hydrogens (tertiary/aromatic N) is 3. The molecule has 0 saturated heterocycles. The second-order valence-electron chi connectivity index (χ2n) is 5.80. The van der Waals surface area contributed by atoms with Crippen LogP contribution in [0.15, 0.2) is 23.1 Å². The van der Waals surface area contributed by atoms with Gasteiger partial charge in [-0.05, 0) is 43.4 Å². The molecular formula is C16H11ClF3N3OS. The van der Waals surface area contributed by atoms with Gasteiger partial charge < -0.3 is 0 Å². The largest absolute Gasteiger partial charge is 0.450 e. The molecule has 4 rings (SSSR count). The predicted octanol–water partition coefficient (Wildman–Crippen LogP) is 4.39. The lowest BCUT2D eigenvalue weighted by Crippen LogP contribution is -2.29. The van der Waals surface area contributed by atoms with Crippen molar-refractivity contribution in [3.63, 3.8) is 0 Å². The van der Waals surface area contributed by atoms with Crippen LogP contribution in [0.1, 0.15) is 29.1 Å². The molecule has 0 spiro atoms. The minimum atomic E-state index is -4.78. The van der Waals surface area contributed by atoms with Crippen molar-refractivity contribution in [2.75, 3.05) is 0 Å². The van der Waals surface area contributed by atoms with Crippen LogP contribution in [0.2, 0.25) is 5.02 Å². The number of hydrogen-bond donors (Lipinski definition) is 0. The first-order chi connectivity index (χ1) is 11.9. The van der Waals surface area contributed by atoms with E-state index in [-0.39, 0.29) is 21.1 Å². The van der Waals surface area contributed by atoms with E-state index >= 15 is 0 Å². The Labute approximate surface area is 148 Å². The molecule has 3 heterocycles. The third kappa shape index (κ3) is 2.73. The molecule has 0 aliphatic heterocycles. The summed E-state index contributed by atoms with van der Waals surface area (Å²) in [5.74, 6) is -1.41. The quantitative estimate of drug-likeness (QED) is 0.624. The lowest BCUT2D eigenvalue weighted by Gasteiger charge is -2.14. The number of aromatic nitrogens is 3. The van der Waals surface area contributed by atoms with Gasteiger partial charge in [-0.25, -0.2) is 14.5 Å². The smallest absolute Gasteiger partial charge is 0.268 e. The summed E-state index contributed by atoms with van der Waals surface area (Å²) in [5.41, 5.74) is 0.103. The van der Waals surface area contributed by atoms with Crippen LogP contribution < -0.4 is 5.56 Å². The highest BCUT2D eigenvalue weighted by Gasteiger charge is 2.39. The zero-order chi connectivity index (χ0) is 17.8. The maximum Gasteiger partial charge on any atom is 0.450 e. The minimum Gasteiger partial charge on any atom is -0.268 e. The van der Waals surface area contributed by atoms with E-state index in [0.29, 0.717) is 11.0 Å². The zero-order valence-electron chi connectivity index (χ0n) is 12.7. The van der Waals surface area contributed by atoms with Gasteiger partial charge in [-0.1, -0.05) is 11.6 Å². The average molecular weight is 386 g/mol. The van der Waals surface area contributed by atoms with Crippen LogP contribution in [0.4, 0.5) is 13.2 Å². The molecule has 0 radical (unpaired) electrons. The molecule has 0 aromatic carbocycles. The molecule has 1 aliphatic carbocycles. The topological polar surface area (TPSA) is 47.8 Å². The number of thiophene rings is 1. The van der Waals surface area contributed by atoms with E-state index in [9.17, 15) is 18.0 Å². The van der Waals surface area contributed by atoms with Crippen molar-refractivity contribution in [1.29, 1.82) is 0 Å². The summed E-state index contributed by atoms with van der Waals surface area (Å²) in [7, 11) is 0. The Morgan fingerprint density at radius 1 is 1.20 bits per heavy atom. The Kier molecular flexibility index (Phi) is 3.84. The first kappa shape index (κ1) is 16.5. The van der Waals surface area contributed by atoms with Gasteiger partial charge in [-0.15, -0.1) is 11.3 Å². The van der Waals surface area contributed by atoms with E-state index < -0.39 is 17.6 Å². The Balaban J connectivity index is 2.09. The molecule has 3 aromatic heterocycles. The summed E-state index contributed by atoms with van der Waals surface area (Å²) in [6.45, 7) is 0. The summed E-state index contributed by atoms with van der Waals surface area (Å²) < 4.78 is 41.1. The monoisotopic (exact) mass is 385 g/mol. The van der Waals surface area contributed by atoms with Crippen LogP contribution in [0.25, 0.3) is 16.0 Å². The summed E-state index contributed by atoms with van der Waals surface area (Å²) in [6, 6.07) is 2.68. The van der Waals surface area contributed by atoms with Crippen molar-refractivity contribution in [1.82, 2.24) is 14.5 Å². The number of fused-ring (bicyclic) bond motifs is 3. The fraction of sp³-hybridized carbons (Fsp3) is 0.312. The van der Waals surface area contributed by atoms with Crippen molar-refractivity contribution in [3.05, 3.63) is 50.0 Å². The van der Waals surface area contributed by atoms with E-state index in [1.807, 2.05) is 0 Å². The molecular weight excluding hydrogens is 375 g/mol. The van der Waals surface area contributed by atoms with Crippen molar-refractivity contribution < 1.29 is 13.2 Å². The Morgan fingerprint density at radius 3 is 2.64 bits per heavy atom. The molecule has 1 aliphatic rings. The van der Waals surface area contributed by atoms with Gasteiger partial charge in [-0.2, -0.15) is 13.2 Å². The van der Waals surface area contributed by atoms with Gasteiger partial charge in [-0.3, -0.25) is 4.79 Å². The molecule has 3 aromatic rings. The van der Waals surface area contributed by atoms with Gasteiger partial charge in [0, 0.05) is 11.1 Å². The highest BCUT2D eigenvalue weighted by Crippen LogP contribution is 2.36. The lowest BCUT2D eigenvalue weighted by atomic mass is 9.97. The van der Waals surface area contributed by atoms with Crippen LogP contribution in [0.3, 0.4) is 0 Å². The fourth-order valence-electron chi connectivity index (χ4n) is 3.11. The van der Waals surface area contributed by atoms with Crippen LogP contribution in [0.5, 0.6) is 0 Å². The average Bonchev–Trinajstić information content (AvgIpc) is 2.94. The second kappa shape index (κ2) is 5.81. The molecule has 130 valence electrons. The Hall–Kier alpha value is -1.93. The number of aryl methyl sites for hydroxylation is 2. The van der Waals surface area contributed by atoms with E-state index in [1.54, 1.807) is 0 Å². The van der Waals surface area contributed by atoms with Crippen molar-refractivity contribution in [3.8, 4) is 5.82 Å². The lowest BCUT2D eigenvalue weighted by molar-refractivity contribution is -0.146. The van der Waals surface area contributed by atoms with Crippen LogP contribution in [-0.4, -0.2) is 14.5 Å². The van der Waals surface area contributed by atoms with E-state index in [4.69, 9.17) is 11.6 Å². The molecule has 9 heteroatoms. The fourth-order valence-corrected chi connectivity index (χ4v) is 4.47. The van der Waals surface area contributed by atoms with Crippen molar-refractivity contribution in [2.24, 2.45) is 0 Å². The summed E-state index contributed by atoms with van der Waals surface area (Å²) in [4.78, 5) is 21.8. The normalized spacial score (nSPS) is 14.7. The Bertz CT molecular complexity index is 1020. The third-order valence-electron chi connectivity index (χ3n) is 4.18. The van der Waals surface area contributed by atoms with Gasteiger partial charge in [0.2, 0.25) is 5.82 Å². The molecule has 0 N–H and O–H groups in total. The minimum absolute atomic E-state index is 0.146. The van der Waals surface area contributed by atoms with Crippen molar-refractivity contribution >= 4 is 33.2 Å². The van der Waals surface area contributed by atoms with E-state index in [2.05, 4.69) is 9.97 Å². The maximum atomic E-state index is 13.5. The van der Waals surface area contributed by atoms with Crippen LogP contribution in [0, 0.1) is 0 Å². The van der Waals surface area contributed by atoms with Crippen molar-refractivity contribution in [2.45, 2.75) is 31.9 Å². The standard InChI is InChI=1S/C16H11ClF3N3OS/c17-8-5-6-11(21-7-8)23-14(24)12-9-3-1-2-4-10(9)25-13(12)22-15(23)16(18,19)20/h5-7H,1-4H2. The van der Waals surface area contributed by atoms with Gasteiger partial charge >= 0.3 is 6.18 Å². The van der Waals surface area contributed by atoms with E-state index in [1.165, 1.54) is 29.7 Å². The number of halogens is 4. The number of alkyl halides is 3. The highest BCUT2D eigenvalue weighted by molar-refractivity contribution is 7.18. The summed E-state index contributed by atoms with van der Waals surface area (Å²) in [5, 5.41) is 0.553. The molecule has 0 atom stereocenters. The number of rotatable bonds is 1. The van der Waals surface area contributed by atoms with Crippen LogP contribution >= 0.6 is 22.9 Å². The predicted molar refractivity (Wildman–Crippen MR) is 89.7 cm³/mol. The molecule has 0 fully saturated rings. The van der Waals surface area contributed by atoms with E-state index in [0.717, 1.165) is 29.7 Å². The van der Waals surface area contributed by atoms with Gasteiger partial charge in [0.15, 0.2) is 0 Å². The zero-order valence-corrected chi connectivity index (χ0v) is 14.3. The maximum absolute atomic E-state index is 13.5. The molecule has 0 bridgehead atoms. The summed E-state index contributed by atoms with van der Waals surface area (Å²) in [6.07, 6.45) is -0.227. The SMILES string of the molecule is O=c1c2c3c(sc2nc(C(F)(F)F)n1-c1ccc(Cl)cn1)CCCC3. The number of hydrogen-bond acceptors (Lipinski definition) is 4. The Morgan fingerprint density at radius 2 is 1.96 bits per heavy atom. The molecule has 0 saturated carbocycles. The highest BCUT2D eigenvalue weighted by atomic mass is 35.5. The summed E-state index contributed by atoms with van der Waals surface area (Å²) >= 11 is 6.94. The number of pyridine rings is 1. The first-order valence-corrected chi connectivity index (χ1v) is 8.82. The second-order valence-corrected chi connectivity index (χ2v) is 7.32. The van der Waals surface area contributed by atoms with Crippen LogP contribution in [-0.2, 0) is 19.0 Å². The van der Waals surface area contributed by atoms with Gasteiger partial charge in [0.25, 0.3) is 5.56 Å². The molecule has 0 amide bonds. The molecule has 4 nitrogen and oxygen atoms in total.